The zero-order valence-corrected chi connectivity index (χ0v) is 8.69. The van der Waals surface area contributed by atoms with Crippen LogP contribution in [-0.4, -0.2) is 0 Å². The van der Waals surface area contributed by atoms with E-state index in [1.54, 1.807) is 0 Å². The summed E-state index contributed by atoms with van der Waals surface area (Å²) < 4.78 is 0. The van der Waals surface area contributed by atoms with Gasteiger partial charge in [-0.1, -0.05) is 33.1 Å². The Balaban J connectivity index is 3.39. The van der Waals surface area contributed by atoms with Gasteiger partial charge in [0.2, 0.25) is 0 Å². The maximum absolute atomic E-state index is 5.39. The summed E-state index contributed by atoms with van der Waals surface area (Å²) in [6.07, 6.45) is 10.2. The molecule has 0 aromatic rings. The average molecular weight is 165 g/mol. The molecule has 1 atom stereocenters. The molecular formula is C12H21. The second-order valence-corrected chi connectivity index (χ2v) is 4.38. The molecule has 0 heteroatoms. The second kappa shape index (κ2) is 5.25. The van der Waals surface area contributed by atoms with Gasteiger partial charge < -0.3 is 0 Å². The van der Waals surface area contributed by atoms with Crippen LogP contribution in [0.2, 0.25) is 0 Å². The van der Waals surface area contributed by atoms with Crippen molar-refractivity contribution in [2.45, 2.75) is 46.5 Å². The van der Waals surface area contributed by atoms with Crippen LogP contribution in [0.3, 0.4) is 0 Å². The van der Waals surface area contributed by atoms with Crippen molar-refractivity contribution in [3.63, 3.8) is 0 Å². The van der Waals surface area contributed by atoms with Gasteiger partial charge in [-0.2, -0.15) is 0 Å². The first-order valence-electron chi connectivity index (χ1n) is 4.79. The molecule has 0 aromatic heterocycles. The van der Waals surface area contributed by atoms with E-state index in [1.807, 2.05) is 0 Å². The average Bonchev–Trinajstić information content (AvgIpc) is 1.98. The Hall–Kier alpha value is -0.440. The predicted molar refractivity (Wildman–Crippen MR) is 55.6 cm³/mol. The van der Waals surface area contributed by atoms with Crippen molar-refractivity contribution >= 4 is 0 Å². The maximum atomic E-state index is 5.39. The second-order valence-electron chi connectivity index (χ2n) is 4.38. The molecule has 0 saturated carbocycles. The maximum Gasteiger partial charge on any atom is 0.0255 e. The minimum Gasteiger partial charge on any atom is -0.120 e. The van der Waals surface area contributed by atoms with Crippen LogP contribution in [0.1, 0.15) is 46.5 Å². The Morgan fingerprint density at radius 2 is 2.00 bits per heavy atom. The summed E-state index contributed by atoms with van der Waals surface area (Å²) in [5, 5.41) is 0. The van der Waals surface area contributed by atoms with Gasteiger partial charge in [0.15, 0.2) is 0 Å². The fourth-order valence-electron chi connectivity index (χ4n) is 1.13. The highest BCUT2D eigenvalue weighted by Gasteiger charge is 2.12. The van der Waals surface area contributed by atoms with Crippen molar-refractivity contribution in [3.8, 4) is 12.3 Å². The van der Waals surface area contributed by atoms with Gasteiger partial charge in [0.05, 0.1) is 0 Å². The van der Waals surface area contributed by atoms with Crippen LogP contribution in [0.5, 0.6) is 0 Å². The zero-order chi connectivity index (χ0) is 9.61. The topological polar surface area (TPSA) is 0 Å². The van der Waals surface area contributed by atoms with E-state index in [0.717, 1.165) is 6.42 Å². The smallest absolute Gasteiger partial charge is 0.0255 e. The first kappa shape index (κ1) is 11.6. The fourth-order valence-corrected chi connectivity index (χ4v) is 1.13. The zero-order valence-electron chi connectivity index (χ0n) is 8.69. The Morgan fingerprint density at radius 3 is 2.42 bits per heavy atom. The molecule has 69 valence electrons. The lowest BCUT2D eigenvalue weighted by molar-refractivity contribution is 0.419. The normalized spacial score (nSPS) is 11.7. The molecule has 0 heterocycles. The third-order valence-corrected chi connectivity index (χ3v) is 2.14. The van der Waals surface area contributed by atoms with Crippen LogP contribution < -0.4 is 0 Å². The monoisotopic (exact) mass is 165 g/mol. The standard InChI is InChI=1S/C12H21/c1-6-12(4,5)10-8-7-9-11(2)3/h1,11H,2,7-10H2,3-5H3. The van der Waals surface area contributed by atoms with Crippen LogP contribution >= 0.6 is 0 Å². The molecule has 12 heavy (non-hydrogen) atoms. The number of terminal acetylenes is 1. The Bertz CT molecular complexity index is 146. The largest absolute Gasteiger partial charge is 0.120 e. The van der Waals surface area contributed by atoms with Crippen molar-refractivity contribution in [2.24, 2.45) is 11.3 Å². The van der Waals surface area contributed by atoms with E-state index in [0.29, 0.717) is 5.92 Å². The van der Waals surface area contributed by atoms with Crippen molar-refractivity contribution in [3.05, 3.63) is 6.92 Å². The molecule has 0 aromatic carbocycles. The van der Waals surface area contributed by atoms with E-state index in [-0.39, 0.29) is 5.41 Å². The van der Waals surface area contributed by atoms with Crippen molar-refractivity contribution < 1.29 is 0 Å². The molecular weight excluding hydrogens is 144 g/mol. The van der Waals surface area contributed by atoms with E-state index in [4.69, 9.17) is 6.42 Å². The minimum atomic E-state index is 0.0877. The summed E-state index contributed by atoms with van der Waals surface area (Å²) in [5.74, 6) is 3.40. The fraction of sp³-hybridized carbons (Fsp3) is 0.750. The van der Waals surface area contributed by atoms with Gasteiger partial charge in [-0.3, -0.25) is 0 Å². The highest BCUT2D eigenvalue weighted by Crippen LogP contribution is 2.22. The summed E-state index contributed by atoms with van der Waals surface area (Å²) in [6, 6.07) is 0. The van der Waals surface area contributed by atoms with Crippen molar-refractivity contribution in [1.29, 1.82) is 0 Å². The van der Waals surface area contributed by atoms with Crippen LogP contribution in [0, 0.1) is 30.6 Å². The van der Waals surface area contributed by atoms with Gasteiger partial charge in [-0.25, -0.2) is 0 Å². The summed E-state index contributed by atoms with van der Waals surface area (Å²) in [7, 11) is 0. The molecule has 0 bridgehead atoms. The summed E-state index contributed by atoms with van der Waals surface area (Å²) in [5.41, 5.74) is 0.0877. The van der Waals surface area contributed by atoms with E-state index < -0.39 is 0 Å². The van der Waals surface area contributed by atoms with Gasteiger partial charge in [-0.15, -0.1) is 12.3 Å². The molecule has 0 aliphatic carbocycles. The highest BCUT2D eigenvalue weighted by atomic mass is 14.2. The van der Waals surface area contributed by atoms with Gasteiger partial charge in [0.1, 0.15) is 0 Å². The number of hydrogen-bond acceptors (Lipinski definition) is 0. The summed E-state index contributed by atoms with van der Waals surface area (Å²) in [6.45, 7) is 10.4. The van der Waals surface area contributed by atoms with E-state index in [2.05, 4.69) is 33.6 Å². The van der Waals surface area contributed by atoms with Gasteiger partial charge in [0.25, 0.3) is 0 Å². The molecule has 0 fully saturated rings. The lowest BCUT2D eigenvalue weighted by Crippen LogP contribution is -2.07. The van der Waals surface area contributed by atoms with Crippen LogP contribution in [0.4, 0.5) is 0 Å². The highest BCUT2D eigenvalue weighted by molar-refractivity contribution is 4.99. The quantitative estimate of drug-likeness (QED) is 0.430. The lowest BCUT2D eigenvalue weighted by atomic mass is 9.87. The summed E-state index contributed by atoms with van der Waals surface area (Å²) >= 11 is 0. The van der Waals surface area contributed by atoms with Gasteiger partial charge in [-0.05, 0) is 26.2 Å². The van der Waals surface area contributed by atoms with E-state index in [9.17, 15) is 0 Å². The third kappa shape index (κ3) is 6.28. The molecule has 0 nitrogen and oxygen atoms in total. The van der Waals surface area contributed by atoms with E-state index >= 15 is 0 Å². The molecule has 1 radical (unpaired) electrons. The molecule has 0 spiro atoms. The van der Waals surface area contributed by atoms with E-state index in [1.165, 1.54) is 19.3 Å². The first-order chi connectivity index (χ1) is 5.48. The molecule has 0 aliphatic heterocycles. The molecule has 0 saturated heterocycles. The SMILES string of the molecule is C#CC(C)(C)CCCCC([CH2])C. The molecule has 0 aliphatic rings. The summed E-state index contributed by atoms with van der Waals surface area (Å²) in [4.78, 5) is 0. The molecule has 0 amide bonds. The Morgan fingerprint density at radius 1 is 1.42 bits per heavy atom. The van der Waals surface area contributed by atoms with Crippen molar-refractivity contribution in [2.75, 3.05) is 0 Å². The van der Waals surface area contributed by atoms with Gasteiger partial charge in [0, 0.05) is 5.41 Å². The third-order valence-electron chi connectivity index (χ3n) is 2.14. The lowest BCUT2D eigenvalue weighted by Gasteiger charge is -2.16. The van der Waals surface area contributed by atoms with Crippen molar-refractivity contribution in [1.82, 2.24) is 0 Å². The van der Waals surface area contributed by atoms with Crippen LogP contribution in [0.25, 0.3) is 0 Å². The number of unbranched alkanes of at least 4 members (excludes halogenated alkanes) is 1. The van der Waals surface area contributed by atoms with Gasteiger partial charge >= 0.3 is 0 Å². The molecule has 0 N–H and O–H groups in total. The Kier molecular flexibility index (Phi) is 5.06. The van der Waals surface area contributed by atoms with Crippen LogP contribution in [-0.2, 0) is 0 Å². The van der Waals surface area contributed by atoms with Crippen LogP contribution in [0.15, 0.2) is 0 Å². The Labute approximate surface area is 77.8 Å². The number of rotatable bonds is 5. The number of hydrogen-bond donors (Lipinski definition) is 0. The molecule has 0 rings (SSSR count). The minimum absolute atomic E-state index is 0.0877. The first-order valence-corrected chi connectivity index (χ1v) is 4.79. The predicted octanol–water partition coefficient (Wildman–Crippen LogP) is 3.68. The molecule has 1 unspecified atom stereocenters.